The fourth-order valence-electron chi connectivity index (χ4n) is 3.13. The van der Waals surface area contributed by atoms with Crippen LogP contribution in [0.25, 0.3) is 21.8 Å². The van der Waals surface area contributed by atoms with E-state index in [2.05, 4.69) is 10.6 Å². The first-order chi connectivity index (χ1) is 12.1. The van der Waals surface area contributed by atoms with E-state index < -0.39 is 0 Å². The summed E-state index contributed by atoms with van der Waals surface area (Å²) in [6.45, 7) is 5.69. The Kier molecular flexibility index (Phi) is 5.14. The van der Waals surface area contributed by atoms with Crippen LogP contribution in [0.4, 0.5) is 0 Å². The van der Waals surface area contributed by atoms with Crippen molar-refractivity contribution in [1.29, 1.82) is 0 Å². The number of nitrogens with zero attached hydrogens (tertiary/aromatic N) is 1. The number of carbonyl (C=O) groups excluding carboxylic acids is 1. The number of rotatable bonds is 6. The molecule has 3 rings (SSSR count). The van der Waals surface area contributed by atoms with Gasteiger partial charge < -0.3 is 15.2 Å². The van der Waals surface area contributed by atoms with Gasteiger partial charge in [-0.2, -0.15) is 0 Å². The second-order valence-electron chi connectivity index (χ2n) is 6.21. The summed E-state index contributed by atoms with van der Waals surface area (Å²) in [6.07, 6.45) is 0. The molecular weight excluding hydrogens is 314 g/mol. The molecule has 2 aromatic carbocycles. The number of benzene rings is 2. The van der Waals surface area contributed by atoms with Gasteiger partial charge in [0, 0.05) is 23.4 Å². The van der Waals surface area contributed by atoms with Crippen molar-refractivity contribution in [3.63, 3.8) is 0 Å². The Balaban J connectivity index is 1.98. The summed E-state index contributed by atoms with van der Waals surface area (Å²) in [6, 6.07) is 15.1. The fraction of sp³-hybridized carbons (Fsp3) is 0.300. The van der Waals surface area contributed by atoms with Crippen LogP contribution in [0.2, 0.25) is 0 Å². The molecule has 1 heterocycles. The lowest BCUT2D eigenvalue weighted by Gasteiger charge is -2.17. The molecule has 0 saturated heterocycles. The van der Waals surface area contributed by atoms with Gasteiger partial charge in [-0.3, -0.25) is 9.59 Å². The van der Waals surface area contributed by atoms with E-state index in [0.29, 0.717) is 17.3 Å². The molecule has 2 N–H and O–H groups in total. The monoisotopic (exact) mass is 337 g/mol. The summed E-state index contributed by atoms with van der Waals surface area (Å²) >= 11 is 0. The van der Waals surface area contributed by atoms with Crippen LogP contribution in [-0.2, 0) is 11.3 Å². The maximum absolute atomic E-state index is 12.7. The predicted molar refractivity (Wildman–Crippen MR) is 102 cm³/mol. The van der Waals surface area contributed by atoms with Crippen molar-refractivity contribution in [3.8, 4) is 0 Å². The second kappa shape index (κ2) is 7.49. The lowest BCUT2D eigenvalue weighted by Crippen LogP contribution is -2.40. The van der Waals surface area contributed by atoms with E-state index in [4.69, 9.17) is 0 Å². The lowest BCUT2D eigenvalue weighted by atomic mass is 10.1. The van der Waals surface area contributed by atoms with Crippen molar-refractivity contribution >= 4 is 27.7 Å². The Labute approximate surface area is 146 Å². The van der Waals surface area contributed by atoms with Crippen LogP contribution in [0.1, 0.15) is 13.8 Å². The molecule has 0 aliphatic carbocycles. The number of nitrogens with one attached hydrogen (secondary N) is 2. The molecule has 0 saturated carbocycles. The lowest BCUT2D eigenvalue weighted by molar-refractivity contribution is -0.121. The minimum Gasteiger partial charge on any atom is -0.353 e. The maximum Gasteiger partial charge on any atom is 0.240 e. The van der Waals surface area contributed by atoms with Crippen LogP contribution >= 0.6 is 0 Å². The molecule has 25 heavy (non-hydrogen) atoms. The molecule has 1 aromatic heterocycles. The molecule has 0 aliphatic heterocycles. The fourth-order valence-corrected chi connectivity index (χ4v) is 3.13. The number of para-hydroxylation sites is 2. The van der Waals surface area contributed by atoms with Gasteiger partial charge in [-0.05, 0) is 37.7 Å². The van der Waals surface area contributed by atoms with Gasteiger partial charge >= 0.3 is 0 Å². The highest BCUT2D eigenvalue weighted by Gasteiger charge is 2.13. The summed E-state index contributed by atoms with van der Waals surface area (Å²) in [7, 11) is 0. The quantitative estimate of drug-likeness (QED) is 0.678. The van der Waals surface area contributed by atoms with E-state index in [1.54, 1.807) is 0 Å². The van der Waals surface area contributed by atoms with E-state index in [1.165, 1.54) is 0 Å². The molecule has 5 heteroatoms. The molecule has 3 aromatic rings. The first kappa shape index (κ1) is 17.2. The van der Waals surface area contributed by atoms with Gasteiger partial charge in [-0.15, -0.1) is 0 Å². The van der Waals surface area contributed by atoms with Crippen LogP contribution in [0.15, 0.2) is 53.3 Å². The summed E-state index contributed by atoms with van der Waals surface area (Å²) in [4.78, 5) is 25.1. The first-order valence-electron chi connectivity index (χ1n) is 8.62. The molecule has 0 radical (unpaired) electrons. The minimum atomic E-state index is -0.0660. The van der Waals surface area contributed by atoms with Gasteiger partial charge in [0.1, 0.15) is 6.54 Å². The minimum absolute atomic E-state index is 0.00336. The molecule has 0 spiro atoms. The Morgan fingerprint density at radius 1 is 1.04 bits per heavy atom. The topological polar surface area (TPSA) is 63.1 Å². The van der Waals surface area contributed by atoms with Gasteiger partial charge in [0.05, 0.1) is 11.0 Å². The van der Waals surface area contributed by atoms with E-state index in [1.807, 2.05) is 66.9 Å². The summed E-state index contributed by atoms with van der Waals surface area (Å²) in [5.74, 6) is -0.0660. The molecule has 1 amide bonds. The molecule has 0 aliphatic rings. The standard InChI is InChI=1S/C20H23N3O2/c1-3-21-14(2)12-22-19(24)13-23-17-10-6-4-8-15(17)20(25)16-9-5-7-11-18(16)23/h4-11,14,21H,3,12-13H2,1-2H3,(H,22,24)/t14-/m1/s1. The number of hydrogen-bond acceptors (Lipinski definition) is 3. The van der Waals surface area contributed by atoms with Crippen LogP contribution in [0.5, 0.6) is 0 Å². The third-order valence-electron chi connectivity index (χ3n) is 4.34. The van der Waals surface area contributed by atoms with Crippen LogP contribution < -0.4 is 16.1 Å². The Hall–Kier alpha value is -2.66. The second-order valence-corrected chi connectivity index (χ2v) is 6.21. The number of likely N-dealkylation sites (N-methyl/N-ethyl adjacent to an activating group) is 1. The normalized spacial score (nSPS) is 12.4. The van der Waals surface area contributed by atoms with Gasteiger partial charge in [0.15, 0.2) is 5.43 Å². The molecule has 130 valence electrons. The highest BCUT2D eigenvalue weighted by atomic mass is 16.2. The predicted octanol–water partition coefficient (Wildman–Crippen LogP) is 2.27. The van der Waals surface area contributed by atoms with Crippen molar-refractivity contribution in [2.24, 2.45) is 0 Å². The summed E-state index contributed by atoms with van der Waals surface area (Å²) in [5.41, 5.74) is 1.56. The van der Waals surface area contributed by atoms with Crippen LogP contribution in [0, 0.1) is 0 Å². The van der Waals surface area contributed by atoms with Gasteiger partial charge in [0.2, 0.25) is 5.91 Å². The van der Waals surface area contributed by atoms with E-state index >= 15 is 0 Å². The van der Waals surface area contributed by atoms with Crippen LogP contribution in [-0.4, -0.2) is 29.6 Å². The van der Waals surface area contributed by atoms with E-state index in [-0.39, 0.29) is 23.9 Å². The van der Waals surface area contributed by atoms with E-state index in [9.17, 15) is 9.59 Å². The van der Waals surface area contributed by atoms with Crippen LogP contribution in [0.3, 0.4) is 0 Å². The Morgan fingerprint density at radius 3 is 2.16 bits per heavy atom. The molecule has 1 atom stereocenters. The van der Waals surface area contributed by atoms with Crippen molar-refractivity contribution in [3.05, 3.63) is 58.8 Å². The number of amides is 1. The zero-order valence-electron chi connectivity index (χ0n) is 14.6. The highest BCUT2D eigenvalue weighted by molar-refractivity contribution is 5.94. The molecule has 0 fully saturated rings. The van der Waals surface area contributed by atoms with Crippen molar-refractivity contribution in [1.82, 2.24) is 15.2 Å². The third-order valence-corrected chi connectivity index (χ3v) is 4.34. The van der Waals surface area contributed by atoms with Gasteiger partial charge in [-0.1, -0.05) is 31.2 Å². The Morgan fingerprint density at radius 2 is 1.60 bits per heavy atom. The van der Waals surface area contributed by atoms with Crippen molar-refractivity contribution in [2.75, 3.05) is 13.1 Å². The number of aromatic nitrogens is 1. The number of hydrogen-bond donors (Lipinski definition) is 2. The maximum atomic E-state index is 12.7. The van der Waals surface area contributed by atoms with Crippen molar-refractivity contribution < 1.29 is 4.79 Å². The molecular formula is C20H23N3O2. The third kappa shape index (κ3) is 3.56. The zero-order valence-corrected chi connectivity index (χ0v) is 14.6. The van der Waals surface area contributed by atoms with Gasteiger partial charge in [-0.25, -0.2) is 0 Å². The summed E-state index contributed by atoms with van der Waals surface area (Å²) < 4.78 is 1.92. The smallest absolute Gasteiger partial charge is 0.240 e. The molecule has 5 nitrogen and oxygen atoms in total. The van der Waals surface area contributed by atoms with Crippen molar-refractivity contribution in [2.45, 2.75) is 26.4 Å². The summed E-state index contributed by atoms with van der Waals surface area (Å²) in [5, 5.41) is 7.50. The van der Waals surface area contributed by atoms with Gasteiger partial charge in [0.25, 0.3) is 0 Å². The number of carbonyl (C=O) groups is 1. The van der Waals surface area contributed by atoms with E-state index in [0.717, 1.165) is 17.6 Å². The largest absolute Gasteiger partial charge is 0.353 e. The average Bonchev–Trinajstić information content (AvgIpc) is 2.64. The number of fused-ring (bicyclic) bond motifs is 2. The SMILES string of the molecule is CCN[C@H](C)CNC(=O)Cn1c2ccccc2c(=O)c2ccccc21. The molecule has 0 unspecified atom stereocenters. The molecule has 0 bridgehead atoms. The Bertz CT molecular complexity index is 902. The highest BCUT2D eigenvalue weighted by Crippen LogP contribution is 2.18. The average molecular weight is 337 g/mol. The first-order valence-corrected chi connectivity index (χ1v) is 8.62. The number of pyridine rings is 1. The zero-order chi connectivity index (χ0) is 17.8.